The van der Waals surface area contributed by atoms with Crippen LogP contribution < -0.4 is 10.0 Å². The number of amides is 1. The Labute approximate surface area is 143 Å². The molecule has 5 nitrogen and oxygen atoms in total. The highest BCUT2D eigenvalue weighted by molar-refractivity contribution is 7.89. The van der Waals surface area contributed by atoms with Crippen LogP contribution in [0.3, 0.4) is 0 Å². The fourth-order valence-corrected chi connectivity index (χ4v) is 3.22. The van der Waals surface area contributed by atoms with Gasteiger partial charge in [0.2, 0.25) is 10.0 Å². The lowest BCUT2D eigenvalue weighted by atomic mass is 10.2. The maximum Gasteiger partial charge on any atom is 0.251 e. The molecule has 2 N–H and O–H groups in total. The van der Waals surface area contributed by atoms with Gasteiger partial charge in [0.1, 0.15) is 0 Å². The van der Waals surface area contributed by atoms with E-state index in [2.05, 4.69) is 10.0 Å². The Kier molecular flexibility index (Phi) is 6.11. The average molecular weight is 346 g/mol. The van der Waals surface area contributed by atoms with E-state index < -0.39 is 10.0 Å². The van der Waals surface area contributed by atoms with Crippen LogP contribution in [-0.2, 0) is 16.4 Å². The molecule has 24 heavy (non-hydrogen) atoms. The molecule has 0 bridgehead atoms. The molecule has 0 saturated carbocycles. The Morgan fingerprint density at radius 1 is 1.00 bits per heavy atom. The monoisotopic (exact) mass is 346 g/mol. The minimum Gasteiger partial charge on any atom is -0.350 e. The van der Waals surface area contributed by atoms with Crippen LogP contribution in [0.4, 0.5) is 0 Å². The molecule has 0 unspecified atom stereocenters. The molecule has 128 valence electrons. The van der Waals surface area contributed by atoms with Crippen LogP contribution in [0.1, 0.15) is 29.8 Å². The molecular formula is C18H22N2O3S. The normalized spacial score (nSPS) is 11.5. The molecule has 0 spiro atoms. The van der Waals surface area contributed by atoms with Crippen molar-refractivity contribution in [1.82, 2.24) is 10.0 Å². The zero-order valence-electron chi connectivity index (χ0n) is 13.8. The number of carbonyl (C=O) groups is 1. The summed E-state index contributed by atoms with van der Waals surface area (Å²) in [5, 5.41) is 2.77. The van der Waals surface area contributed by atoms with Crippen molar-refractivity contribution in [3.8, 4) is 0 Å². The highest BCUT2D eigenvalue weighted by Gasteiger charge is 2.14. The quantitative estimate of drug-likeness (QED) is 0.808. The molecule has 0 radical (unpaired) electrons. The summed E-state index contributed by atoms with van der Waals surface area (Å²) >= 11 is 0. The smallest absolute Gasteiger partial charge is 0.251 e. The molecule has 0 fully saturated rings. The van der Waals surface area contributed by atoms with E-state index in [-0.39, 0.29) is 16.8 Å². The van der Waals surface area contributed by atoms with E-state index in [1.807, 2.05) is 44.2 Å². The molecule has 0 heterocycles. The first-order valence-electron chi connectivity index (χ1n) is 7.83. The van der Waals surface area contributed by atoms with Gasteiger partial charge in [-0.25, -0.2) is 13.1 Å². The number of hydrogen-bond donors (Lipinski definition) is 2. The van der Waals surface area contributed by atoms with Gasteiger partial charge in [-0.05, 0) is 50.1 Å². The lowest BCUT2D eigenvalue weighted by Gasteiger charge is -2.10. The van der Waals surface area contributed by atoms with E-state index in [9.17, 15) is 13.2 Å². The third-order valence-corrected chi connectivity index (χ3v) is 4.87. The molecule has 1 amide bonds. The highest BCUT2D eigenvalue weighted by atomic mass is 32.2. The van der Waals surface area contributed by atoms with Crippen LogP contribution in [0.15, 0.2) is 59.5 Å². The number of hydrogen-bond acceptors (Lipinski definition) is 3. The van der Waals surface area contributed by atoms with Gasteiger partial charge in [-0.1, -0.05) is 30.3 Å². The van der Waals surface area contributed by atoms with Gasteiger partial charge in [0, 0.05) is 18.2 Å². The highest BCUT2D eigenvalue weighted by Crippen LogP contribution is 2.11. The second-order valence-corrected chi connectivity index (χ2v) is 7.55. The standard InChI is InChI=1S/C18H22N2O3S/c1-14(2)20-18(21)16-8-10-17(11-9-16)24(22,23)19-13-12-15-6-4-3-5-7-15/h3-11,14,19H,12-13H2,1-2H3,(H,20,21). The van der Waals surface area contributed by atoms with Crippen LogP contribution in [-0.4, -0.2) is 26.9 Å². The zero-order valence-corrected chi connectivity index (χ0v) is 14.6. The Morgan fingerprint density at radius 2 is 1.62 bits per heavy atom. The molecular weight excluding hydrogens is 324 g/mol. The van der Waals surface area contributed by atoms with Crippen LogP contribution >= 0.6 is 0 Å². The van der Waals surface area contributed by atoms with Gasteiger partial charge in [0.25, 0.3) is 5.91 Å². The van der Waals surface area contributed by atoms with Crippen molar-refractivity contribution in [1.29, 1.82) is 0 Å². The summed E-state index contributed by atoms with van der Waals surface area (Å²) in [5.41, 5.74) is 1.51. The summed E-state index contributed by atoms with van der Waals surface area (Å²) in [4.78, 5) is 12.0. The van der Waals surface area contributed by atoms with E-state index in [4.69, 9.17) is 0 Å². The Morgan fingerprint density at radius 3 is 2.21 bits per heavy atom. The van der Waals surface area contributed by atoms with E-state index in [1.54, 1.807) is 0 Å². The van der Waals surface area contributed by atoms with E-state index >= 15 is 0 Å². The van der Waals surface area contributed by atoms with Gasteiger partial charge in [0.05, 0.1) is 4.90 Å². The Balaban J connectivity index is 1.97. The largest absolute Gasteiger partial charge is 0.350 e. The molecule has 0 aromatic heterocycles. The Hall–Kier alpha value is -2.18. The van der Waals surface area contributed by atoms with Crippen LogP contribution in [0, 0.1) is 0 Å². The van der Waals surface area contributed by atoms with Crippen molar-refractivity contribution >= 4 is 15.9 Å². The van der Waals surface area contributed by atoms with Crippen LogP contribution in [0.5, 0.6) is 0 Å². The minimum atomic E-state index is -3.58. The lowest BCUT2D eigenvalue weighted by molar-refractivity contribution is 0.0943. The summed E-state index contributed by atoms with van der Waals surface area (Å²) in [6, 6.07) is 15.6. The summed E-state index contributed by atoms with van der Waals surface area (Å²) in [5.74, 6) is -0.217. The molecule has 2 aromatic rings. The van der Waals surface area contributed by atoms with Gasteiger partial charge in [-0.2, -0.15) is 0 Å². The molecule has 2 rings (SSSR count). The van der Waals surface area contributed by atoms with Gasteiger partial charge >= 0.3 is 0 Å². The van der Waals surface area contributed by atoms with Crippen molar-refractivity contribution in [3.63, 3.8) is 0 Å². The van der Waals surface area contributed by atoms with E-state index in [1.165, 1.54) is 24.3 Å². The molecule has 0 atom stereocenters. The zero-order chi connectivity index (χ0) is 17.6. The number of nitrogens with one attached hydrogen (secondary N) is 2. The topological polar surface area (TPSA) is 75.3 Å². The number of sulfonamides is 1. The number of rotatable bonds is 7. The van der Waals surface area contributed by atoms with Crippen LogP contribution in [0.25, 0.3) is 0 Å². The maximum absolute atomic E-state index is 12.3. The third-order valence-electron chi connectivity index (χ3n) is 3.40. The maximum atomic E-state index is 12.3. The summed E-state index contributed by atoms with van der Waals surface area (Å²) in [7, 11) is -3.58. The first kappa shape index (κ1) is 18.2. The number of carbonyl (C=O) groups excluding carboxylic acids is 1. The summed E-state index contributed by atoms with van der Waals surface area (Å²) in [6.45, 7) is 4.06. The lowest BCUT2D eigenvalue weighted by Crippen LogP contribution is -2.30. The first-order valence-corrected chi connectivity index (χ1v) is 9.31. The minimum absolute atomic E-state index is 0.0283. The van der Waals surface area contributed by atoms with Crippen molar-refractivity contribution in [2.45, 2.75) is 31.2 Å². The summed E-state index contributed by atoms with van der Waals surface area (Å²) < 4.78 is 27.1. The van der Waals surface area contributed by atoms with E-state index in [0.29, 0.717) is 18.5 Å². The second-order valence-electron chi connectivity index (χ2n) is 5.79. The molecule has 0 saturated heterocycles. The number of benzene rings is 2. The Bertz CT molecular complexity index is 770. The molecule has 6 heteroatoms. The van der Waals surface area contributed by atoms with Crippen molar-refractivity contribution in [2.24, 2.45) is 0 Å². The van der Waals surface area contributed by atoms with Crippen LogP contribution in [0.2, 0.25) is 0 Å². The predicted molar refractivity (Wildman–Crippen MR) is 94.4 cm³/mol. The van der Waals surface area contributed by atoms with Gasteiger partial charge in [-0.15, -0.1) is 0 Å². The first-order chi connectivity index (χ1) is 11.4. The SMILES string of the molecule is CC(C)NC(=O)c1ccc(S(=O)(=O)NCCc2ccccc2)cc1. The molecule has 0 aliphatic rings. The molecule has 0 aliphatic heterocycles. The van der Waals surface area contributed by atoms with Crippen molar-refractivity contribution in [2.75, 3.05) is 6.54 Å². The van der Waals surface area contributed by atoms with E-state index in [0.717, 1.165) is 5.56 Å². The molecule has 2 aromatic carbocycles. The van der Waals surface area contributed by atoms with Crippen molar-refractivity contribution in [3.05, 3.63) is 65.7 Å². The predicted octanol–water partition coefficient (Wildman–Crippen LogP) is 2.35. The second kappa shape index (κ2) is 8.08. The van der Waals surface area contributed by atoms with Gasteiger partial charge < -0.3 is 5.32 Å². The fourth-order valence-electron chi connectivity index (χ4n) is 2.19. The summed E-state index contributed by atoms with van der Waals surface area (Å²) in [6.07, 6.45) is 0.620. The third kappa shape index (κ3) is 5.18. The van der Waals surface area contributed by atoms with Gasteiger partial charge in [0.15, 0.2) is 0 Å². The fraction of sp³-hybridized carbons (Fsp3) is 0.278. The molecule has 0 aliphatic carbocycles. The van der Waals surface area contributed by atoms with Crippen molar-refractivity contribution < 1.29 is 13.2 Å². The average Bonchev–Trinajstić information content (AvgIpc) is 2.55. The van der Waals surface area contributed by atoms with Gasteiger partial charge in [-0.3, -0.25) is 4.79 Å².